The third-order valence-electron chi connectivity index (χ3n) is 2.58. The average molecular weight is 293 g/mol. The van der Waals surface area contributed by atoms with Crippen LogP contribution in [0, 0.1) is 15.9 Å². The minimum Gasteiger partial charge on any atom is -0.478 e. The molecule has 3 N–H and O–H groups in total. The summed E-state index contributed by atoms with van der Waals surface area (Å²) in [4.78, 5) is 35.0. The van der Waals surface area contributed by atoms with Crippen molar-refractivity contribution in [2.24, 2.45) is 0 Å². The van der Waals surface area contributed by atoms with Crippen molar-refractivity contribution in [3.63, 3.8) is 0 Å². The Labute approximate surface area is 116 Å². The predicted octanol–water partition coefficient (Wildman–Crippen LogP) is 2.01. The van der Waals surface area contributed by atoms with E-state index in [4.69, 9.17) is 5.11 Å². The highest BCUT2D eigenvalue weighted by atomic mass is 19.1. The van der Waals surface area contributed by atoms with Crippen molar-refractivity contribution in [2.75, 3.05) is 5.32 Å². The molecule has 1 heterocycles. The second kappa shape index (κ2) is 5.41. The summed E-state index contributed by atoms with van der Waals surface area (Å²) in [6.45, 7) is 0. The van der Waals surface area contributed by atoms with Crippen molar-refractivity contribution in [1.82, 2.24) is 4.98 Å². The number of amides is 1. The van der Waals surface area contributed by atoms with Crippen molar-refractivity contribution in [3.05, 3.63) is 57.7 Å². The molecule has 0 atom stereocenters. The van der Waals surface area contributed by atoms with Gasteiger partial charge in [-0.1, -0.05) is 0 Å². The molecule has 0 aliphatic heterocycles. The number of carboxylic acid groups (broad SMARTS) is 1. The van der Waals surface area contributed by atoms with E-state index in [9.17, 15) is 24.1 Å². The summed E-state index contributed by atoms with van der Waals surface area (Å²) in [6, 6.07) is 3.83. The summed E-state index contributed by atoms with van der Waals surface area (Å²) in [6.07, 6.45) is 1.03. The number of aromatic carboxylic acids is 1. The van der Waals surface area contributed by atoms with E-state index in [-0.39, 0.29) is 17.1 Å². The fraction of sp³-hybridized carbons (Fsp3) is 0. The molecule has 0 saturated carbocycles. The van der Waals surface area contributed by atoms with Crippen LogP contribution in [0.15, 0.2) is 30.5 Å². The van der Waals surface area contributed by atoms with Gasteiger partial charge in [0.05, 0.1) is 22.4 Å². The van der Waals surface area contributed by atoms with E-state index in [0.717, 1.165) is 30.5 Å². The Morgan fingerprint density at radius 3 is 2.62 bits per heavy atom. The van der Waals surface area contributed by atoms with Crippen LogP contribution in [0.1, 0.15) is 20.8 Å². The Kier molecular flexibility index (Phi) is 3.65. The van der Waals surface area contributed by atoms with Crippen LogP contribution in [0.3, 0.4) is 0 Å². The average Bonchev–Trinajstić information content (AvgIpc) is 2.90. The first-order chi connectivity index (χ1) is 9.88. The fourth-order valence-electron chi connectivity index (χ4n) is 1.61. The Bertz CT molecular complexity index is 740. The lowest BCUT2D eigenvalue weighted by molar-refractivity contribution is -0.384. The van der Waals surface area contributed by atoms with E-state index in [1.165, 1.54) is 0 Å². The van der Waals surface area contributed by atoms with Gasteiger partial charge in [-0.2, -0.15) is 0 Å². The van der Waals surface area contributed by atoms with Crippen molar-refractivity contribution in [1.29, 1.82) is 0 Å². The molecule has 1 amide bonds. The number of carboxylic acids is 1. The molecule has 9 heteroatoms. The zero-order valence-corrected chi connectivity index (χ0v) is 10.3. The van der Waals surface area contributed by atoms with Crippen LogP contribution >= 0.6 is 0 Å². The number of nitrogens with one attached hydrogen (secondary N) is 2. The van der Waals surface area contributed by atoms with Gasteiger partial charge in [-0.3, -0.25) is 14.9 Å². The predicted molar refractivity (Wildman–Crippen MR) is 68.8 cm³/mol. The van der Waals surface area contributed by atoms with Crippen molar-refractivity contribution >= 4 is 23.3 Å². The molecule has 1 aromatic carbocycles. The highest BCUT2D eigenvalue weighted by Gasteiger charge is 2.17. The van der Waals surface area contributed by atoms with Crippen molar-refractivity contribution in [2.45, 2.75) is 0 Å². The zero-order valence-electron chi connectivity index (χ0n) is 10.3. The van der Waals surface area contributed by atoms with E-state index in [1.54, 1.807) is 0 Å². The largest absolute Gasteiger partial charge is 0.478 e. The number of anilines is 1. The molecular formula is C12H8FN3O5. The van der Waals surface area contributed by atoms with Gasteiger partial charge in [0, 0.05) is 6.07 Å². The number of carbonyl (C=O) groups excluding carboxylic acids is 1. The minimum absolute atomic E-state index is 0.119. The maximum Gasteiger partial charge on any atom is 0.337 e. The highest BCUT2D eigenvalue weighted by Crippen LogP contribution is 2.19. The zero-order chi connectivity index (χ0) is 15.6. The summed E-state index contributed by atoms with van der Waals surface area (Å²) in [5.74, 6) is -2.96. The molecule has 2 aromatic rings. The van der Waals surface area contributed by atoms with E-state index < -0.39 is 28.2 Å². The molecule has 0 saturated heterocycles. The van der Waals surface area contributed by atoms with E-state index >= 15 is 0 Å². The number of carbonyl (C=O) groups is 2. The molecule has 2 rings (SSSR count). The van der Waals surface area contributed by atoms with Gasteiger partial charge in [-0.25, -0.2) is 9.18 Å². The summed E-state index contributed by atoms with van der Waals surface area (Å²) in [5.41, 5.74) is -0.976. The lowest BCUT2D eigenvalue weighted by Crippen LogP contribution is -2.15. The first-order valence-corrected chi connectivity index (χ1v) is 5.55. The third kappa shape index (κ3) is 3.03. The van der Waals surface area contributed by atoms with Crippen molar-refractivity contribution < 1.29 is 24.0 Å². The molecular weight excluding hydrogens is 285 g/mol. The number of nitrogens with zero attached hydrogens (tertiary/aromatic N) is 1. The third-order valence-corrected chi connectivity index (χ3v) is 2.58. The minimum atomic E-state index is -1.41. The number of rotatable bonds is 4. The highest BCUT2D eigenvalue weighted by molar-refractivity contribution is 6.07. The topological polar surface area (TPSA) is 125 Å². The number of H-pyrrole nitrogens is 1. The van der Waals surface area contributed by atoms with Gasteiger partial charge in [0.1, 0.15) is 11.5 Å². The van der Waals surface area contributed by atoms with E-state index in [0.29, 0.717) is 0 Å². The monoisotopic (exact) mass is 293 g/mol. The Balaban J connectivity index is 2.27. The quantitative estimate of drug-likeness (QED) is 0.587. The second-order valence-electron chi connectivity index (χ2n) is 3.98. The smallest absolute Gasteiger partial charge is 0.337 e. The van der Waals surface area contributed by atoms with Gasteiger partial charge in [0.2, 0.25) is 0 Å². The number of nitro groups is 1. The fourth-order valence-corrected chi connectivity index (χ4v) is 1.61. The van der Waals surface area contributed by atoms with Crippen LogP contribution in [0.5, 0.6) is 0 Å². The lowest BCUT2D eigenvalue weighted by atomic mass is 10.1. The summed E-state index contributed by atoms with van der Waals surface area (Å²) in [5, 5.41) is 21.7. The van der Waals surface area contributed by atoms with Gasteiger partial charge in [0.15, 0.2) is 0 Å². The van der Waals surface area contributed by atoms with Crippen LogP contribution in [-0.4, -0.2) is 26.9 Å². The molecule has 0 spiro atoms. The molecule has 1 aromatic heterocycles. The molecule has 21 heavy (non-hydrogen) atoms. The molecule has 0 aliphatic rings. The van der Waals surface area contributed by atoms with Gasteiger partial charge in [0.25, 0.3) is 11.6 Å². The van der Waals surface area contributed by atoms with Gasteiger partial charge < -0.3 is 15.4 Å². The number of hydrogen-bond donors (Lipinski definition) is 3. The summed E-state index contributed by atoms with van der Waals surface area (Å²) in [7, 11) is 0. The van der Waals surface area contributed by atoms with Gasteiger partial charge in [-0.15, -0.1) is 0 Å². The van der Waals surface area contributed by atoms with E-state index in [2.05, 4.69) is 10.3 Å². The molecule has 0 aliphatic carbocycles. The maximum absolute atomic E-state index is 13.0. The second-order valence-corrected chi connectivity index (χ2v) is 3.98. The molecule has 8 nitrogen and oxygen atoms in total. The summed E-state index contributed by atoms with van der Waals surface area (Å²) >= 11 is 0. The normalized spacial score (nSPS) is 10.1. The van der Waals surface area contributed by atoms with Crippen LogP contribution in [-0.2, 0) is 0 Å². The number of benzene rings is 1. The Morgan fingerprint density at radius 1 is 1.33 bits per heavy atom. The molecule has 0 fully saturated rings. The van der Waals surface area contributed by atoms with Crippen LogP contribution in [0.4, 0.5) is 15.8 Å². The first-order valence-electron chi connectivity index (χ1n) is 5.55. The number of aromatic nitrogens is 1. The number of hydrogen-bond acceptors (Lipinski definition) is 4. The number of halogens is 1. The van der Waals surface area contributed by atoms with Crippen molar-refractivity contribution in [3.8, 4) is 0 Å². The van der Waals surface area contributed by atoms with Gasteiger partial charge in [-0.05, 0) is 18.2 Å². The van der Waals surface area contributed by atoms with Crippen LogP contribution in [0.25, 0.3) is 0 Å². The maximum atomic E-state index is 13.0. The molecule has 108 valence electrons. The van der Waals surface area contributed by atoms with Gasteiger partial charge >= 0.3 is 5.97 Å². The molecule has 0 unspecified atom stereocenters. The lowest BCUT2D eigenvalue weighted by Gasteiger charge is -2.07. The molecule has 0 bridgehead atoms. The van der Waals surface area contributed by atoms with E-state index in [1.807, 2.05) is 0 Å². The first kappa shape index (κ1) is 14.2. The van der Waals surface area contributed by atoms with Crippen LogP contribution < -0.4 is 5.32 Å². The number of aromatic amines is 1. The summed E-state index contributed by atoms with van der Waals surface area (Å²) < 4.78 is 13.0. The van der Waals surface area contributed by atoms with Crippen LogP contribution in [0.2, 0.25) is 0 Å². The molecule has 0 radical (unpaired) electrons. The standard InChI is InChI=1S/C12H8FN3O5/c13-6-1-2-9(8(3-6)12(18)19)15-11(17)10-4-7(5-14-10)16(20)21/h1-5,14H,(H,15,17)(H,18,19). The Hall–Kier alpha value is -3.23. The SMILES string of the molecule is O=C(Nc1ccc(F)cc1C(=O)O)c1cc([N+](=O)[O-])c[nH]1. The Morgan fingerprint density at radius 2 is 2.05 bits per heavy atom.